The number of nitrogens with zero attached hydrogens (tertiary/aromatic N) is 2. The monoisotopic (exact) mass is 430 g/mol. The summed E-state index contributed by atoms with van der Waals surface area (Å²) in [4.78, 5) is 30.8. The number of benzene rings is 1. The minimum atomic E-state index is -0.896. The number of carbonyl (C=O) groups excluding carboxylic acids is 2. The van der Waals surface area contributed by atoms with Gasteiger partial charge in [0.15, 0.2) is 0 Å². The molecule has 9 heteroatoms. The third-order valence-electron chi connectivity index (χ3n) is 3.90. The van der Waals surface area contributed by atoms with Crippen LogP contribution in [0.1, 0.15) is 39.3 Å². The molecule has 27 heavy (non-hydrogen) atoms. The number of thiocarbonyl (C=S) groups is 1. The average Bonchev–Trinajstić information content (AvgIpc) is 2.56. The molecule has 0 N–H and O–H groups in total. The first-order chi connectivity index (χ1) is 12.7. The molecule has 1 aliphatic rings. The molecule has 2 atom stereocenters. The minimum absolute atomic E-state index is 0.0141. The summed E-state index contributed by atoms with van der Waals surface area (Å²) in [6, 6.07) is 4.10. The highest BCUT2D eigenvalue weighted by molar-refractivity contribution is 7.80. The zero-order valence-corrected chi connectivity index (χ0v) is 17.7. The number of ether oxygens (including phenoxy) is 2. The fourth-order valence-electron chi connectivity index (χ4n) is 2.82. The van der Waals surface area contributed by atoms with Crippen LogP contribution >= 0.6 is 35.4 Å². The summed E-state index contributed by atoms with van der Waals surface area (Å²) in [5, 5.41) is 0.498. The number of rotatable bonds is 4. The Hall–Kier alpha value is -1.70. The van der Waals surface area contributed by atoms with Crippen molar-refractivity contribution in [2.45, 2.75) is 39.8 Å². The van der Waals surface area contributed by atoms with Gasteiger partial charge in [0.1, 0.15) is 5.92 Å². The van der Waals surface area contributed by atoms with E-state index in [1.54, 1.807) is 45.9 Å². The molecule has 2 unspecified atom stereocenters. The molecule has 2 rings (SSSR count). The van der Waals surface area contributed by atoms with Crippen molar-refractivity contribution in [1.82, 2.24) is 4.90 Å². The van der Waals surface area contributed by atoms with E-state index in [0.29, 0.717) is 16.3 Å². The Kier molecular flexibility index (Phi) is 7.19. The fraction of sp³-hybridized carbons (Fsp3) is 0.444. The molecule has 6 nitrogen and oxygen atoms in total. The van der Waals surface area contributed by atoms with Crippen LogP contribution in [0.25, 0.3) is 0 Å². The predicted molar refractivity (Wildman–Crippen MR) is 108 cm³/mol. The van der Waals surface area contributed by atoms with Crippen molar-refractivity contribution < 1.29 is 19.1 Å². The zero-order valence-electron chi connectivity index (χ0n) is 15.4. The van der Waals surface area contributed by atoms with Crippen LogP contribution < -0.4 is 0 Å². The summed E-state index contributed by atoms with van der Waals surface area (Å²) in [5.41, 5.74) is 0.882. The third kappa shape index (κ3) is 4.59. The molecule has 0 saturated heterocycles. The quantitative estimate of drug-likeness (QED) is 0.505. The van der Waals surface area contributed by atoms with Crippen LogP contribution in [0, 0.1) is 5.92 Å². The lowest BCUT2D eigenvalue weighted by Crippen LogP contribution is -2.50. The zero-order chi connectivity index (χ0) is 20.3. The summed E-state index contributed by atoms with van der Waals surface area (Å²) in [7, 11) is 0. The van der Waals surface area contributed by atoms with E-state index in [2.05, 4.69) is 4.99 Å². The Morgan fingerprint density at radius 3 is 2.59 bits per heavy atom. The normalized spacial score (nSPS) is 19.7. The van der Waals surface area contributed by atoms with Gasteiger partial charge in [-0.15, -0.1) is 0 Å². The van der Waals surface area contributed by atoms with Crippen LogP contribution in [0.5, 0.6) is 0 Å². The van der Waals surface area contributed by atoms with Crippen LogP contribution in [-0.4, -0.2) is 40.5 Å². The minimum Gasteiger partial charge on any atom is -0.465 e. The number of halogens is 2. The van der Waals surface area contributed by atoms with Crippen LogP contribution in [0.2, 0.25) is 10.0 Å². The molecule has 0 bridgehead atoms. The van der Waals surface area contributed by atoms with Crippen molar-refractivity contribution in [3.63, 3.8) is 0 Å². The number of hydrogen-bond acceptors (Lipinski definition) is 5. The first-order valence-electron chi connectivity index (χ1n) is 8.38. The van der Waals surface area contributed by atoms with Gasteiger partial charge in [0.25, 0.3) is 0 Å². The Balaban J connectivity index is 2.66. The lowest BCUT2D eigenvalue weighted by Gasteiger charge is -2.38. The molecule has 1 amide bonds. The molecular weight excluding hydrogens is 411 g/mol. The molecule has 0 aliphatic carbocycles. The topological polar surface area (TPSA) is 68.2 Å². The summed E-state index contributed by atoms with van der Waals surface area (Å²) >= 11 is 17.9. The second-order valence-electron chi connectivity index (χ2n) is 6.16. The third-order valence-corrected chi connectivity index (χ3v) is 5.02. The van der Waals surface area contributed by atoms with Crippen molar-refractivity contribution in [3.8, 4) is 0 Å². The Morgan fingerprint density at radius 1 is 1.33 bits per heavy atom. The van der Waals surface area contributed by atoms with E-state index in [9.17, 15) is 9.59 Å². The number of esters is 1. The van der Waals surface area contributed by atoms with Gasteiger partial charge < -0.3 is 9.47 Å². The van der Waals surface area contributed by atoms with Crippen molar-refractivity contribution in [2.24, 2.45) is 10.9 Å². The van der Waals surface area contributed by atoms with Gasteiger partial charge in [-0.3, -0.25) is 4.79 Å². The number of hydrogen-bond donors (Lipinski definition) is 0. The van der Waals surface area contributed by atoms with E-state index in [0.717, 1.165) is 4.90 Å². The van der Waals surface area contributed by atoms with Crippen LogP contribution in [0.4, 0.5) is 4.79 Å². The van der Waals surface area contributed by atoms with Gasteiger partial charge in [0.2, 0.25) is 5.11 Å². The van der Waals surface area contributed by atoms with E-state index in [-0.39, 0.29) is 22.8 Å². The van der Waals surface area contributed by atoms with Gasteiger partial charge in [-0.2, -0.15) is 0 Å². The maximum Gasteiger partial charge on any atom is 0.417 e. The SMILES string of the molecule is CCOC(=O)C1C(C)=NC(=S)N(C(=O)OC(C)C)C1c1cccc(Cl)c1Cl. The number of amides is 1. The van der Waals surface area contributed by atoms with Gasteiger partial charge in [-0.05, 0) is 51.5 Å². The molecule has 0 radical (unpaired) electrons. The van der Waals surface area contributed by atoms with E-state index in [1.807, 2.05) is 0 Å². The van der Waals surface area contributed by atoms with Crippen molar-refractivity contribution >= 4 is 58.3 Å². The fourth-order valence-corrected chi connectivity index (χ4v) is 3.57. The van der Waals surface area contributed by atoms with E-state index in [4.69, 9.17) is 44.9 Å². The van der Waals surface area contributed by atoms with E-state index in [1.165, 1.54) is 0 Å². The standard InChI is InChI=1S/C18H20Cl2N2O4S/c1-5-25-16(23)13-10(4)21-17(27)22(18(24)26-9(2)3)15(13)11-7-6-8-12(19)14(11)20/h6-9,13,15H,5H2,1-4H3. The highest BCUT2D eigenvalue weighted by Gasteiger charge is 2.46. The largest absolute Gasteiger partial charge is 0.465 e. The summed E-state index contributed by atoms with van der Waals surface area (Å²) < 4.78 is 10.5. The predicted octanol–water partition coefficient (Wildman–Crippen LogP) is 4.82. The Morgan fingerprint density at radius 2 is 2.00 bits per heavy atom. The lowest BCUT2D eigenvalue weighted by molar-refractivity contribution is -0.147. The van der Waals surface area contributed by atoms with Gasteiger partial charge in [-0.1, -0.05) is 35.3 Å². The van der Waals surface area contributed by atoms with Crippen molar-refractivity contribution in [2.75, 3.05) is 6.61 Å². The molecule has 0 saturated carbocycles. The highest BCUT2D eigenvalue weighted by atomic mass is 35.5. The maximum absolute atomic E-state index is 12.8. The first kappa shape index (κ1) is 21.6. The molecule has 0 spiro atoms. The van der Waals surface area contributed by atoms with Gasteiger partial charge in [0, 0.05) is 5.71 Å². The molecule has 0 aromatic heterocycles. The molecule has 1 aromatic carbocycles. The lowest BCUT2D eigenvalue weighted by atomic mass is 9.87. The van der Waals surface area contributed by atoms with Gasteiger partial charge >= 0.3 is 12.1 Å². The first-order valence-corrected chi connectivity index (χ1v) is 9.54. The molecule has 1 aromatic rings. The molecular formula is C18H20Cl2N2O4S. The van der Waals surface area contributed by atoms with Crippen LogP contribution in [0.3, 0.4) is 0 Å². The smallest absolute Gasteiger partial charge is 0.417 e. The van der Waals surface area contributed by atoms with Crippen molar-refractivity contribution in [1.29, 1.82) is 0 Å². The molecule has 146 valence electrons. The summed E-state index contributed by atoms with van der Waals surface area (Å²) in [6.07, 6.45) is -1.11. The highest BCUT2D eigenvalue weighted by Crippen LogP contribution is 2.41. The van der Waals surface area contributed by atoms with E-state index < -0.39 is 24.0 Å². The molecule has 1 aliphatic heterocycles. The van der Waals surface area contributed by atoms with Crippen LogP contribution in [0.15, 0.2) is 23.2 Å². The van der Waals surface area contributed by atoms with Gasteiger partial charge in [-0.25, -0.2) is 14.7 Å². The van der Waals surface area contributed by atoms with Crippen molar-refractivity contribution in [3.05, 3.63) is 33.8 Å². The number of carbonyl (C=O) groups is 2. The van der Waals surface area contributed by atoms with E-state index >= 15 is 0 Å². The van der Waals surface area contributed by atoms with Gasteiger partial charge in [0.05, 0.1) is 28.8 Å². The molecule has 0 fully saturated rings. The second-order valence-corrected chi connectivity index (χ2v) is 7.31. The Labute approximate surface area is 173 Å². The second kappa shape index (κ2) is 8.99. The average molecular weight is 431 g/mol. The van der Waals surface area contributed by atoms with Crippen LogP contribution in [-0.2, 0) is 14.3 Å². The summed E-state index contributed by atoms with van der Waals surface area (Å²) in [5.74, 6) is -1.43. The summed E-state index contributed by atoms with van der Waals surface area (Å²) in [6.45, 7) is 6.96. The maximum atomic E-state index is 12.8. The Bertz CT molecular complexity index is 798. The molecule has 1 heterocycles. The number of aliphatic imine (C=N–C) groups is 1.